The Balaban J connectivity index is 1.65. The number of ether oxygens (including phenoxy) is 1. The molecule has 1 aromatic carbocycles. The lowest BCUT2D eigenvalue weighted by Gasteiger charge is -2.32. The fourth-order valence-corrected chi connectivity index (χ4v) is 2.09. The Bertz CT molecular complexity index is 452. The third kappa shape index (κ3) is 4.43. The Morgan fingerprint density at radius 1 is 1.05 bits per heavy atom. The average Bonchev–Trinajstić information content (AvgIpc) is 2.63. The summed E-state index contributed by atoms with van der Waals surface area (Å²) in [5.41, 5.74) is 0.657. The summed E-state index contributed by atoms with van der Waals surface area (Å²) in [6.45, 7) is 9.59. The summed E-state index contributed by atoms with van der Waals surface area (Å²) in [6.07, 6.45) is 2.92. The highest BCUT2D eigenvalue weighted by molar-refractivity contribution is 6.51. The van der Waals surface area contributed by atoms with Crippen LogP contribution in [-0.4, -0.2) is 24.9 Å². The Kier molecular flexibility index (Phi) is 5.25. The zero-order chi connectivity index (χ0) is 15.3. The minimum absolute atomic E-state index is 0.260. The van der Waals surface area contributed by atoms with Crippen molar-refractivity contribution in [3.05, 3.63) is 47.9 Å². The molecular weight excluding hydrogens is 263 g/mol. The van der Waals surface area contributed by atoms with Gasteiger partial charge in [-0.2, -0.15) is 0 Å². The zero-order valence-corrected chi connectivity index (χ0v) is 13.5. The Morgan fingerprint density at radius 3 is 2.29 bits per heavy atom. The molecule has 0 amide bonds. The molecule has 4 heteroatoms. The van der Waals surface area contributed by atoms with Gasteiger partial charge in [0.25, 0.3) is 0 Å². The molecular formula is C17H25BO3. The van der Waals surface area contributed by atoms with E-state index in [1.54, 1.807) is 0 Å². The van der Waals surface area contributed by atoms with Crippen molar-refractivity contribution in [1.82, 2.24) is 0 Å². The van der Waals surface area contributed by atoms with Crippen LogP contribution in [-0.2, 0) is 20.7 Å². The van der Waals surface area contributed by atoms with Gasteiger partial charge in [0.05, 0.1) is 24.4 Å². The third-order valence-corrected chi connectivity index (χ3v) is 4.11. The zero-order valence-electron chi connectivity index (χ0n) is 13.5. The van der Waals surface area contributed by atoms with Crippen LogP contribution in [0.5, 0.6) is 0 Å². The molecule has 2 rings (SSSR count). The first-order valence-electron chi connectivity index (χ1n) is 7.55. The molecule has 0 spiro atoms. The second-order valence-corrected chi connectivity index (χ2v) is 6.38. The smallest absolute Gasteiger partial charge is 0.400 e. The summed E-state index contributed by atoms with van der Waals surface area (Å²) < 4.78 is 17.4. The molecule has 21 heavy (non-hydrogen) atoms. The SMILES string of the molecule is CC1(C)OB(/C=C\CCOCc2ccccc2)OC1(C)C. The van der Waals surface area contributed by atoms with E-state index in [9.17, 15) is 0 Å². The molecule has 1 heterocycles. The van der Waals surface area contributed by atoms with Crippen LogP contribution < -0.4 is 0 Å². The maximum Gasteiger partial charge on any atom is 0.486 e. The summed E-state index contributed by atoms with van der Waals surface area (Å²) in [5.74, 6) is 1.97. The molecule has 1 aliphatic rings. The third-order valence-electron chi connectivity index (χ3n) is 4.11. The minimum atomic E-state index is -0.272. The monoisotopic (exact) mass is 288 g/mol. The first kappa shape index (κ1) is 16.3. The molecule has 0 unspecified atom stereocenters. The topological polar surface area (TPSA) is 27.7 Å². The molecule has 1 aliphatic heterocycles. The van der Waals surface area contributed by atoms with Crippen molar-refractivity contribution in [1.29, 1.82) is 0 Å². The Hall–Kier alpha value is -1.10. The van der Waals surface area contributed by atoms with Crippen LogP contribution in [0.25, 0.3) is 0 Å². The van der Waals surface area contributed by atoms with Gasteiger partial charge in [0.1, 0.15) is 0 Å². The maximum atomic E-state index is 5.89. The average molecular weight is 288 g/mol. The van der Waals surface area contributed by atoms with E-state index < -0.39 is 0 Å². The predicted octanol–water partition coefficient (Wildman–Crippen LogP) is 3.78. The summed E-state index contributed by atoms with van der Waals surface area (Å²) in [4.78, 5) is 0. The minimum Gasteiger partial charge on any atom is -0.400 e. The number of rotatable bonds is 6. The summed E-state index contributed by atoms with van der Waals surface area (Å²) in [7, 11) is -0.260. The van der Waals surface area contributed by atoms with Gasteiger partial charge < -0.3 is 14.0 Å². The molecule has 0 atom stereocenters. The van der Waals surface area contributed by atoms with E-state index in [-0.39, 0.29) is 18.3 Å². The second kappa shape index (κ2) is 6.78. The van der Waals surface area contributed by atoms with Crippen molar-refractivity contribution in [2.75, 3.05) is 6.61 Å². The molecule has 1 aromatic rings. The lowest BCUT2D eigenvalue weighted by molar-refractivity contribution is 0.00578. The van der Waals surface area contributed by atoms with Crippen molar-refractivity contribution in [3.8, 4) is 0 Å². The van der Waals surface area contributed by atoms with Gasteiger partial charge in [-0.15, -0.1) is 0 Å². The quantitative estimate of drug-likeness (QED) is 0.589. The molecule has 1 saturated heterocycles. The van der Waals surface area contributed by atoms with Crippen LogP contribution in [0.1, 0.15) is 39.7 Å². The van der Waals surface area contributed by atoms with Crippen LogP contribution in [0.4, 0.5) is 0 Å². The summed E-state index contributed by atoms with van der Waals surface area (Å²) >= 11 is 0. The summed E-state index contributed by atoms with van der Waals surface area (Å²) in [6, 6.07) is 10.2. The molecule has 0 N–H and O–H groups in total. The molecule has 0 aromatic heterocycles. The highest BCUT2D eigenvalue weighted by Crippen LogP contribution is 2.36. The van der Waals surface area contributed by atoms with Crippen molar-refractivity contribution < 1.29 is 14.0 Å². The summed E-state index contributed by atoms with van der Waals surface area (Å²) in [5, 5.41) is 0. The Morgan fingerprint density at radius 2 is 1.67 bits per heavy atom. The first-order valence-corrected chi connectivity index (χ1v) is 7.55. The van der Waals surface area contributed by atoms with E-state index >= 15 is 0 Å². The highest BCUT2D eigenvalue weighted by Gasteiger charge is 2.49. The van der Waals surface area contributed by atoms with Crippen LogP contribution in [0, 0.1) is 0 Å². The molecule has 0 saturated carbocycles. The lowest BCUT2D eigenvalue weighted by Crippen LogP contribution is -2.41. The molecule has 0 aliphatic carbocycles. The molecule has 0 radical (unpaired) electrons. The van der Waals surface area contributed by atoms with E-state index in [0.717, 1.165) is 6.42 Å². The van der Waals surface area contributed by atoms with Crippen molar-refractivity contribution in [3.63, 3.8) is 0 Å². The number of hydrogen-bond donors (Lipinski definition) is 0. The fraction of sp³-hybridized carbons (Fsp3) is 0.529. The first-order chi connectivity index (χ1) is 9.91. The van der Waals surface area contributed by atoms with Crippen LogP contribution in [0.3, 0.4) is 0 Å². The fourth-order valence-electron chi connectivity index (χ4n) is 2.09. The lowest BCUT2D eigenvalue weighted by atomic mass is 9.90. The van der Waals surface area contributed by atoms with Crippen LogP contribution in [0.2, 0.25) is 0 Å². The van der Waals surface area contributed by atoms with Gasteiger partial charge in [-0.3, -0.25) is 0 Å². The van der Waals surface area contributed by atoms with Gasteiger partial charge >= 0.3 is 7.12 Å². The molecule has 0 bridgehead atoms. The van der Waals surface area contributed by atoms with Gasteiger partial charge in [0.15, 0.2) is 0 Å². The van der Waals surface area contributed by atoms with E-state index in [1.165, 1.54) is 5.56 Å². The van der Waals surface area contributed by atoms with Crippen molar-refractivity contribution in [2.24, 2.45) is 0 Å². The largest absolute Gasteiger partial charge is 0.486 e. The molecule has 1 fully saturated rings. The van der Waals surface area contributed by atoms with Crippen LogP contribution >= 0.6 is 0 Å². The van der Waals surface area contributed by atoms with E-state index in [0.29, 0.717) is 13.2 Å². The number of benzene rings is 1. The van der Waals surface area contributed by atoms with Crippen molar-refractivity contribution >= 4 is 7.12 Å². The maximum absolute atomic E-state index is 5.89. The van der Waals surface area contributed by atoms with Gasteiger partial charge in [-0.05, 0) is 39.7 Å². The molecule has 3 nitrogen and oxygen atoms in total. The normalized spacial score (nSPS) is 20.3. The predicted molar refractivity (Wildman–Crippen MR) is 85.9 cm³/mol. The molecule has 114 valence electrons. The van der Waals surface area contributed by atoms with E-state index in [4.69, 9.17) is 14.0 Å². The van der Waals surface area contributed by atoms with Gasteiger partial charge in [0.2, 0.25) is 0 Å². The Labute approximate surface area is 128 Å². The van der Waals surface area contributed by atoms with E-state index in [2.05, 4.69) is 45.9 Å². The van der Waals surface area contributed by atoms with Crippen molar-refractivity contribution in [2.45, 2.75) is 51.9 Å². The second-order valence-electron chi connectivity index (χ2n) is 6.38. The standard InChI is InChI=1S/C17H25BO3/c1-16(2)17(3,4)21-18(20-16)12-8-9-13-19-14-15-10-6-5-7-11-15/h5-8,10-12H,9,13-14H2,1-4H3/b12-8-. The van der Waals surface area contributed by atoms with Gasteiger partial charge in [-0.25, -0.2) is 0 Å². The van der Waals surface area contributed by atoms with Gasteiger partial charge in [-0.1, -0.05) is 42.4 Å². The van der Waals surface area contributed by atoms with Gasteiger partial charge in [0, 0.05) is 0 Å². The highest BCUT2D eigenvalue weighted by atomic mass is 16.7. The number of hydrogen-bond acceptors (Lipinski definition) is 3. The van der Waals surface area contributed by atoms with Crippen LogP contribution in [0.15, 0.2) is 42.4 Å². The van der Waals surface area contributed by atoms with E-state index in [1.807, 2.05) is 24.2 Å².